The molecule has 1 aliphatic carbocycles. The van der Waals surface area contributed by atoms with Crippen molar-refractivity contribution in [1.82, 2.24) is 9.97 Å². The first-order valence-electron chi connectivity index (χ1n) is 4.85. The molecule has 1 fully saturated rings. The maximum Gasteiger partial charge on any atom is 0.187 e. The van der Waals surface area contributed by atoms with Crippen LogP contribution in [0.3, 0.4) is 0 Å². The first kappa shape index (κ1) is 10.3. The minimum Gasteiger partial charge on any atom is -0.231 e. The van der Waals surface area contributed by atoms with Crippen molar-refractivity contribution >= 4 is 24.4 Å². The third-order valence-corrected chi connectivity index (χ3v) is 4.70. The van der Waals surface area contributed by atoms with Gasteiger partial charge in [0.1, 0.15) is 0 Å². The van der Waals surface area contributed by atoms with E-state index in [0.717, 1.165) is 16.7 Å². The van der Waals surface area contributed by atoms with Crippen molar-refractivity contribution in [2.75, 3.05) is 11.5 Å². The fourth-order valence-corrected chi connectivity index (χ4v) is 3.28. The summed E-state index contributed by atoms with van der Waals surface area (Å²) in [4.78, 5) is 8.40. The summed E-state index contributed by atoms with van der Waals surface area (Å²) in [6.07, 6.45) is 7.58. The van der Waals surface area contributed by atoms with Gasteiger partial charge in [0.2, 0.25) is 0 Å². The Labute approximate surface area is 94.3 Å². The van der Waals surface area contributed by atoms with E-state index in [-0.39, 0.29) is 0 Å². The van der Waals surface area contributed by atoms with Crippen molar-refractivity contribution in [1.29, 1.82) is 0 Å². The summed E-state index contributed by atoms with van der Waals surface area (Å²) in [6.45, 7) is 0. The van der Waals surface area contributed by atoms with Crippen LogP contribution in [0.5, 0.6) is 0 Å². The summed E-state index contributed by atoms with van der Waals surface area (Å²) in [5.41, 5.74) is 0.465. The van der Waals surface area contributed by atoms with Crippen molar-refractivity contribution in [2.24, 2.45) is 5.41 Å². The van der Waals surface area contributed by atoms with Crippen LogP contribution >= 0.6 is 24.4 Å². The highest BCUT2D eigenvalue weighted by molar-refractivity contribution is 7.99. The monoisotopic (exact) mass is 226 g/mol. The lowest BCUT2D eigenvalue weighted by molar-refractivity contribution is 0.205. The molecule has 0 amide bonds. The molecule has 4 heteroatoms. The lowest BCUT2D eigenvalue weighted by Gasteiger charge is -2.40. The van der Waals surface area contributed by atoms with Crippen molar-refractivity contribution in [3.63, 3.8) is 0 Å². The highest BCUT2D eigenvalue weighted by Gasteiger charge is 2.35. The SMILES string of the molecule is SCC1(CSc2ncccn2)CCC1. The fraction of sp³-hybridized carbons (Fsp3) is 0.600. The normalized spacial score (nSPS) is 18.9. The number of aromatic nitrogens is 2. The topological polar surface area (TPSA) is 25.8 Å². The van der Waals surface area contributed by atoms with E-state index in [1.54, 1.807) is 24.2 Å². The lowest BCUT2D eigenvalue weighted by atomic mass is 9.72. The number of thioether (sulfide) groups is 1. The van der Waals surface area contributed by atoms with Crippen LogP contribution in [0.4, 0.5) is 0 Å². The summed E-state index contributed by atoms with van der Waals surface area (Å²) in [5, 5.41) is 0.889. The number of hydrogen-bond acceptors (Lipinski definition) is 4. The zero-order valence-corrected chi connectivity index (χ0v) is 9.73. The molecule has 0 spiro atoms. The zero-order valence-electron chi connectivity index (χ0n) is 8.02. The van der Waals surface area contributed by atoms with E-state index in [4.69, 9.17) is 0 Å². The van der Waals surface area contributed by atoms with Crippen LogP contribution < -0.4 is 0 Å². The highest BCUT2D eigenvalue weighted by Crippen LogP contribution is 2.44. The van der Waals surface area contributed by atoms with E-state index < -0.39 is 0 Å². The molecule has 0 N–H and O–H groups in total. The van der Waals surface area contributed by atoms with Crippen LogP contribution in [0.2, 0.25) is 0 Å². The van der Waals surface area contributed by atoms with Gasteiger partial charge in [-0.25, -0.2) is 9.97 Å². The van der Waals surface area contributed by atoms with Crippen LogP contribution in [0.1, 0.15) is 19.3 Å². The third-order valence-electron chi connectivity index (χ3n) is 2.80. The van der Waals surface area contributed by atoms with E-state index in [1.807, 2.05) is 6.07 Å². The Kier molecular flexibility index (Phi) is 3.34. The van der Waals surface area contributed by atoms with Gasteiger partial charge in [-0.1, -0.05) is 18.2 Å². The van der Waals surface area contributed by atoms with Crippen LogP contribution in [-0.4, -0.2) is 21.5 Å². The second kappa shape index (κ2) is 4.53. The van der Waals surface area contributed by atoms with E-state index in [0.29, 0.717) is 5.41 Å². The van der Waals surface area contributed by atoms with Gasteiger partial charge in [0.25, 0.3) is 0 Å². The molecule has 76 valence electrons. The molecule has 1 aromatic rings. The number of nitrogens with zero attached hydrogens (tertiary/aromatic N) is 2. The van der Waals surface area contributed by atoms with Gasteiger partial charge in [0.15, 0.2) is 5.16 Å². The summed E-state index contributed by atoms with van der Waals surface area (Å²) >= 11 is 6.18. The fourth-order valence-electron chi connectivity index (χ4n) is 1.60. The maximum absolute atomic E-state index is 4.42. The van der Waals surface area contributed by atoms with Crippen LogP contribution in [0, 0.1) is 5.41 Å². The lowest BCUT2D eigenvalue weighted by Crippen LogP contribution is -2.33. The Morgan fingerprint density at radius 3 is 2.57 bits per heavy atom. The average Bonchev–Trinajstić information content (AvgIpc) is 2.19. The molecular formula is C10H14N2S2. The smallest absolute Gasteiger partial charge is 0.187 e. The molecule has 1 heterocycles. The standard InChI is InChI=1S/C10H14N2S2/c13-7-10(3-1-4-10)8-14-9-11-5-2-6-12-9/h2,5-6,13H,1,3-4,7-8H2. The van der Waals surface area contributed by atoms with Crippen molar-refractivity contribution in [2.45, 2.75) is 24.4 Å². The van der Waals surface area contributed by atoms with Gasteiger partial charge < -0.3 is 0 Å². The Morgan fingerprint density at radius 2 is 2.07 bits per heavy atom. The molecule has 2 rings (SSSR count). The first-order valence-corrected chi connectivity index (χ1v) is 6.47. The summed E-state index contributed by atoms with van der Waals surface area (Å²) in [6, 6.07) is 1.85. The quantitative estimate of drug-likeness (QED) is 0.485. The van der Waals surface area contributed by atoms with E-state index in [9.17, 15) is 0 Å². The summed E-state index contributed by atoms with van der Waals surface area (Å²) < 4.78 is 0. The second-order valence-electron chi connectivity index (χ2n) is 3.83. The number of hydrogen-bond donors (Lipinski definition) is 1. The molecule has 1 aliphatic rings. The van der Waals surface area contributed by atoms with Crippen molar-refractivity contribution < 1.29 is 0 Å². The molecule has 1 aromatic heterocycles. The second-order valence-corrected chi connectivity index (χ2v) is 5.09. The van der Waals surface area contributed by atoms with Gasteiger partial charge in [-0.2, -0.15) is 12.6 Å². The van der Waals surface area contributed by atoms with Crippen molar-refractivity contribution in [3.8, 4) is 0 Å². The zero-order chi connectivity index (χ0) is 9.86. The molecule has 0 unspecified atom stereocenters. The van der Waals surface area contributed by atoms with Gasteiger partial charge in [0.05, 0.1) is 0 Å². The van der Waals surface area contributed by atoms with Crippen LogP contribution in [-0.2, 0) is 0 Å². The highest BCUT2D eigenvalue weighted by atomic mass is 32.2. The maximum atomic E-state index is 4.42. The largest absolute Gasteiger partial charge is 0.231 e. The molecule has 0 saturated heterocycles. The predicted molar refractivity (Wildman–Crippen MR) is 62.9 cm³/mol. The van der Waals surface area contributed by atoms with Gasteiger partial charge in [-0.15, -0.1) is 0 Å². The number of rotatable bonds is 4. The predicted octanol–water partition coefficient (Wildman–Crippen LogP) is 2.67. The molecule has 0 aliphatic heterocycles. The van der Waals surface area contributed by atoms with Gasteiger partial charge in [-0.3, -0.25) is 0 Å². The molecule has 2 nitrogen and oxygen atoms in total. The summed E-state index contributed by atoms with van der Waals surface area (Å²) in [7, 11) is 0. The molecule has 0 radical (unpaired) electrons. The van der Waals surface area contributed by atoms with Gasteiger partial charge in [-0.05, 0) is 30.1 Å². The van der Waals surface area contributed by atoms with Crippen molar-refractivity contribution in [3.05, 3.63) is 18.5 Å². The van der Waals surface area contributed by atoms with Gasteiger partial charge in [0, 0.05) is 18.1 Å². The average molecular weight is 226 g/mol. The Hall–Kier alpha value is -0.220. The molecule has 0 bridgehead atoms. The van der Waals surface area contributed by atoms with E-state index in [1.165, 1.54) is 19.3 Å². The molecule has 0 aromatic carbocycles. The molecular weight excluding hydrogens is 212 g/mol. The minimum absolute atomic E-state index is 0.465. The Bertz CT molecular complexity index is 280. The molecule has 0 atom stereocenters. The van der Waals surface area contributed by atoms with E-state index in [2.05, 4.69) is 22.6 Å². The van der Waals surface area contributed by atoms with Crippen LogP contribution in [0.25, 0.3) is 0 Å². The molecule has 14 heavy (non-hydrogen) atoms. The number of thiol groups is 1. The van der Waals surface area contributed by atoms with Crippen LogP contribution in [0.15, 0.2) is 23.6 Å². The Balaban J connectivity index is 1.88. The third kappa shape index (κ3) is 2.23. The molecule has 1 saturated carbocycles. The van der Waals surface area contributed by atoms with Gasteiger partial charge >= 0.3 is 0 Å². The first-order chi connectivity index (χ1) is 6.85. The van der Waals surface area contributed by atoms with E-state index >= 15 is 0 Å². The minimum atomic E-state index is 0.465. The summed E-state index contributed by atoms with van der Waals surface area (Å²) in [5.74, 6) is 2.10. The Morgan fingerprint density at radius 1 is 1.36 bits per heavy atom.